The van der Waals surface area contributed by atoms with E-state index in [1.54, 1.807) is 4.90 Å². The molecule has 1 aliphatic rings. The lowest BCUT2D eigenvalue weighted by atomic mass is 9.96. The van der Waals surface area contributed by atoms with E-state index in [0.29, 0.717) is 13.1 Å². The highest BCUT2D eigenvalue weighted by Crippen LogP contribution is 2.17. The van der Waals surface area contributed by atoms with Crippen LogP contribution in [0.1, 0.15) is 12.8 Å². The predicted octanol–water partition coefficient (Wildman–Crippen LogP) is 0.899. The molecule has 0 saturated carbocycles. The van der Waals surface area contributed by atoms with Gasteiger partial charge in [-0.3, -0.25) is 10.3 Å². The van der Waals surface area contributed by atoms with Crippen LogP contribution in [0.5, 0.6) is 0 Å². The van der Waals surface area contributed by atoms with Crippen molar-refractivity contribution in [2.45, 2.75) is 19.3 Å². The summed E-state index contributed by atoms with van der Waals surface area (Å²) in [5.74, 6) is 0.297. The van der Waals surface area contributed by atoms with E-state index in [1.165, 1.54) is 0 Å². The second kappa shape index (κ2) is 4.50. The number of halogens is 2. The maximum absolute atomic E-state index is 12.0. The molecule has 0 aromatic heterocycles. The first kappa shape index (κ1) is 10.4. The van der Waals surface area contributed by atoms with Crippen molar-refractivity contribution in [2.24, 2.45) is 11.7 Å². The zero-order chi connectivity index (χ0) is 9.84. The lowest BCUT2D eigenvalue weighted by Gasteiger charge is -2.30. The molecule has 0 aromatic carbocycles. The van der Waals surface area contributed by atoms with E-state index in [0.717, 1.165) is 12.8 Å². The summed E-state index contributed by atoms with van der Waals surface area (Å²) in [5.41, 5.74) is 5.33. The van der Waals surface area contributed by atoms with Gasteiger partial charge in [0.05, 0.1) is 12.4 Å². The number of alkyl halides is 2. The minimum Gasteiger partial charge on any atom is -0.387 e. The minimum absolute atomic E-state index is 0.105. The summed E-state index contributed by atoms with van der Waals surface area (Å²) in [6.07, 6.45) is -0.779. The van der Waals surface area contributed by atoms with Crippen LogP contribution in [0.4, 0.5) is 8.78 Å². The second-order valence-corrected chi connectivity index (χ2v) is 3.42. The topological polar surface area (TPSA) is 53.1 Å². The summed E-state index contributed by atoms with van der Waals surface area (Å²) in [4.78, 5) is 1.73. The second-order valence-electron chi connectivity index (χ2n) is 3.42. The molecule has 0 aromatic rings. The molecule has 13 heavy (non-hydrogen) atoms. The molecule has 0 bridgehead atoms. The third-order valence-electron chi connectivity index (χ3n) is 2.42. The van der Waals surface area contributed by atoms with Gasteiger partial charge in [-0.25, -0.2) is 8.78 Å². The largest absolute Gasteiger partial charge is 0.387 e. The van der Waals surface area contributed by atoms with Gasteiger partial charge < -0.3 is 5.73 Å². The summed E-state index contributed by atoms with van der Waals surface area (Å²) in [7, 11) is 0. The molecule has 76 valence electrons. The van der Waals surface area contributed by atoms with E-state index in [9.17, 15) is 8.78 Å². The van der Waals surface area contributed by atoms with E-state index in [2.05, 4.69) is 0 Å². The Kier molecular flexibility index (Phi) is 3.59. The Morgan fingerprint density at radius 2 is 2.00 bits per heavy atom. The number of nitrogens with two attached hydrogens (primary N) is 1. The van der Waals surface area contributed by atoms with E-state index in [1.807, 2.05) is 0 Å². The molecule has 0 atom stereocenters. The van der Waals surface area contributed by atoms with Crippen LogP contribution >= 0.6 is 0 Å². The van der Waals surface area contributed by atoms with Crippen molar-refractivity contribution >= 4 is 5.84 Å². The maximum atomic E-state index is 12.0. The Morgan fingerprint density at radius 1 is 1.46 bits per heavy atom. The Hall–Kier alpha value is -0.710. The van der Waals surface area contributed by atoms with Gasteiger partial charge in [0.25, 0.3) is 6.43 Å². The average molecular weight is 191 g/mol. The van der Waals surface area contributed by atoms with Crippen molar-refractivity contribution in [3.8, 4) is 0 Å². The lowest BCUT2D eigenvalue weighted by Crippen LogP contribution is -2.40. The predicted molar refractivity (Wildman–Crippen MR) is 47.1 cm³/mol. The van der Waals surface area contributed by atoms with E-state index in [4.69, 9.17) is 11.1 Å². The van der Waals surface area contributed by atoms with Crippen molar-refractivity contribution < 1.29 is 8.78 Å². The molecular weight excluding hydrogens is 176 g/mol. The van der Waals surface area contributed by atoms with Crippen LogP contribution in [0.25, 0.3) is 0 Å². The zero-order valence-corrected chi connectivity index (χ0v) is 7.47. The first-order chi connectivity index (χ1) is 6.09. The first-order valence-corrected chi connectivity index (χ1v) is 4.44. The van der Waals surface area contributed by atoms with Gasteiger partial charge in [0.2, 0.25) is 0 Å². The van der Waals surface area contributed by atoms with Gasteiger partial charge >= 0.3 is 0 Å². The molecular formula is C8H15F2N3. The number of piperidine rings is 1. The molecule has 0 radical (unpaired) electrons. The van der Waals surface area contributed by atoms with Gasteiger partial charge in [0.15, 0.2) is 0 Å². The summed E-state index contributed by atoms with van der Waals surface area (Å²) in [6.45, 7) is 1.12. The SMILES string of the molecule is N=C(N)C1CCN(CC(F)F)CC1. The van der Waals surface area contributed by atoms with Crippen molar-refractivity contribution in [2.75, 3.05) is 19.6 Å². The van der Waals surface area contributed by atoms with Crippen molar-refractivity contribution in [3.63, 3.8) is 0 Å². The standard InChI is InChI=1S/C8H15F2N3/c9-7(10)5-13-3-1-6(2-4-13)8(11)12/h6-7H,1-5H2,(H3,11,12). The number of hydrogen-bond acceptors (Lipinski definition) is 2. The van der Waals surface area contributed by atoms with Crippen LogP contribution < -0.4 is 5.73 Å². The molecule has 1 saturated heterocycles. The van der Waals surface area contributed by atoms with Gasteiger partial charge in [-0.2, -0.15) is 0 Å². The molecule has 1 fully saturated rings. The molecule has 0 spiro atoms. The van der Waals surface area contributed by atoms with Crippen LogP contribution in [-0.2, 0) is 0 Å². The van der Waals surface area contributed by atoms with Crippen molar-refractivity contribution in [1.82, 2.24) is 4.90 Å². The summed E-state index contributed by atoms with van der Waals surface area (Å²) in [5, 5.41) is 7.21. The van der Waals surface area contributed by atoms with E-state index >= 15 is 0 Å². The fourth-order valence-electron chi connectivity index (χ4n) is 1.62. The fourth-order valence-corrected chi connectivity index (χ4v) is 1.62. The molecule has 1 aliphatic heterocycles. The van der Waals surface area contributed by atoms with E-state index in [-0.39, 0.29) is 18.3 Å². The van der Waals surface area contributed by atoms with Gasteiger partial charge in [-0.1, -0.05) is 0 Å². The Morgan fingerprint density at radius 3 is 2.38 bits per heavy atom. The minimum atomic E-state index is -2.26. The fraction of sp³-hybridized carbons (Fsp3) is 0.875. The molecule has 1 rings (SSSR count). The molecule has 3 N–H and O–H groups in total. The summed E-state index contributed by atoms with van der Waals surface area (Å²) in [6, 6.07) is 0. The van der Waals surface area contributed by atoms with Crippen LogP contribution in [0, 0.1) is 11.3 Å². The number of nitrogens with zero attached hydrogens (tertiary/aromatic N) is 1. The normalized spacial score (nSPS) is 20.8. The van der Waals surface area contributed by atoms with Crippen LogP contribution in [-0.4, -0.2) is 36.8 Å². The Balaban J connectivity index is 2.26. The molecule has 0 aliphatic carbocycles. The average Bonchev–Trinajstić information content (AvgIpc) is 2.04. The third-order valence-corrected chi connectivity index (χ3v) is 2.42. The molecule has 1 heterocycles. The molecule has 3 nitrogen and oxygen atoms in total. The number of nitrogens with one attached hydrogen (secondary N) is 1. The van der Waals surface area contributed by atoms with Crippen LogP contribution in [0.2, 0.25) is 0 Å². The number of likely N-dealkylation sites (tertiary alicyclic amines) is 1. The van der Waals surface area contributed by atoms with Gasteiger partial charge in [-0.05, 0) is 25.9 Å². The monoisotopic (exact) mass is 191 g/mol. The van der Waals surface area contributed by atoms with Crippen LogP contribution in [0.15, 0.2) is 0 Å². The third kappa shape index (κ3) is 3.26. The number of amidine groups is 1. The first-order valence-electron chi connectivity index (χ1n) is 4.44. The number of rotatable bonds is 3. The zero-order valence-electron chi connectivity index (χ0n) is 7.47. The summed E-state index contributed by atoms with van der Waals surface area (Å²) < 4.78 is 23.9. The highest BCUT2D eigenvalue weighted by Gasteiger charge is 2.22. The van der Waals surface area contributed by atoms with Crippen molar-refractivity contribution in [3.05, 3.63) is 0 Å². The Labute approximate surface area is 76.4 Å². The van der Waals surface area contributed by atoms with Gasteiger partial charge in [0, 0.05) is 5.92 Å². The summed E-state index contributed by atoms with van der Waals surface area (Å²) >= 11 is 0. The van der Waals surface area contributed by atoms with Crippen LogP contribution in [0.3, 0.4) is 0 Å². The van der Waals surface area contributed by atoms with Gasteiger partial charge in [-0.15, -0.1) is 0 Å². The highest BCUT2D eigenvalue weighted by molar-refractivity contribution is 5.79. The molecule has 0 unspecified atom stereocenters. The quantitative estimate of drug-likeness (QED) is 0.514. The Bertz CT molecular complexity index is 176. The highest BCUT2D eigenvalue weighted by atomic mass is 19.3. The smallest absolute Gasteiger partial charge is 0.251 e. The lowest BCUT2D eigenvalue weighted by molar-refractivity contribution is 0.0745. The molecule has 0 amide bonds. The molecule has 5 heteroatoms. The number of hydrogen-bond donors (Lipinski definition) is 2. The van der Waals surface area contributed by atoms with Gasteiger partial charge in [0.1, 0.15) is 0 Å². The van der Waals surface area contributed by atoms with E-state index < -0.39 is 6.43 Å². The maximum Gasteiger partial charge on any atom is 0.251 e. The van der Waals surface area contributed by atoms with Crippen molar-refractivity contribution in [1.29, 1.82) is 5.41 Å².